The van der Waals surface area contributed by atoms with Crippen LogP contribution < -0.4 is 68.7 Å². The fourth-order valence-corrected chi connectivity index (χ4v) is 13.9. The van der Waals surface area contributed by atoms with Crippen molar-refractivity contribution in [3.8, 4) is 11.5 Å². The summed E-state index contributed by atoms with van der Waals surface area (Å²) >= 11 is 0. The molecule has 32 heteroatoms. The largest absolute Gasteiger partial charge is 0.487 e. The zero-order chi connectivity index (χ0) is 81.0. The number of aromatic nitrogens is 5. The molecule has 0 spiro atoms. The minimum absolute atomic E-state index is 0.0310. The predicted octanol–water partition coefficient (Wildman–Crippen LogP) is 4.05. The number of carbonyl (C=O) groups excluding carboxylic acids is 8. The van der Waals surface area contributed by atoms with E-state index in [2.05, 4.69) is 74.0 Å². The van der Waals surface area contributed by atoms with Gasteiger partial charge >= 0.3 is 11.7 Å². The van der Waals surface area contributed by atoms with E-state index in [-0.39, 0.29) is 70.0 Å². The van der Waals surface area contributed by atoms with Gasteiger partial charge in [0.1, 0.15) is 72.7 Å². The van der Waals surface area contributed by atoms with Crippen LogP contribution in [0.15, 0.2) is 161 Å². The number of aromatic amines is 1. The van der Waals surface area contributed by atoms with E-state index in [1.54, 1.807) is 121 Å². The second kappa shape index (κ2) is 36.0. The van der Waals surface area contributed by atoms with Crippen LogP contribution in [-0.2, 0) is 75.4 Å². The number of rotatable bonds is 17. The predicted molar refractivity (Wildman–Crippen MR) is 418 cm³/mol. The number of hydrogen-bond donors (Lipinski definition) is 12. The van der Waals surface area contributed by atoms with Gasteiger partial charge in [0.25, 0.3) is 5.91 Å². The third-order valence-electron chi connectivity index (χ3n) is 20.4. The van der Waals surface area contributed by atoms with Gasteiger partial charge in [-0.2, -0.15) is 0 Å². The fourth-order valence-electron chi connectivity index (χ4n) is 13.9. The monoisotopic (exact) mass is 1550 g/mol. The van der Waals surface area contributed by atoms with Gasteiger partial charge in [-0.3, -0.25) is 43.4 Å². The molecule has 8 amide bonds. The van der Waals surface area contributed by atoms with Gasteiger partial charge in [0.15, 0.2) is 0 Å². The van der Waals surface area contributed by atoms with E-state index in [4.69, 9.17) is 13.9 Å². The first-order chi connectivity index (χ1) is 53.9. The average Bonchev–Trinajstić information content (AvgIpc) is 1.66. The number of hydrazine groups is 2. The molecule has 0 unspecified atom stereocenters. The number of carbonyl (C=O) groups is 9. The zero-order valence-electron chi connectivity index (χ0n) is 65.2. The first-order valence-corrected chi connectivity index (χ1v) is 37.8. The van der Waals surface area contributed by atoms with Crippen LogP contribution in [0.25, 0.3) is 21.5 Å². The molecular weight excluding hydrogens is 1450 g/mol. The summed E-state index contributed by atoms with van der Waals surface area (Å²) < 4.78 is 19.3. The van der Waals surface area contributed by atoms with Crippen LogP contribution in [0.5, 0.6) is 11.5 Å². The van der Waals surface area contributed by atoms with Gasteiger partial charge in [0.05, 0.1) is 30.0 Å². The van der Waals surface area contributed by atoms with Crippen molar-refractivity contribution in [2.24, 2.45) is 10.8 Å². The van der Waals surface area contributed by atoms with E-state index >= 15 is 28.8 Å². The van der Waals surface area contributed by atoms with Gasteiger partial charge in [-0.05, 0) is 120 Å². The summed E-state index contributed by atoms with van der Waals surface area (Å²) in [5.74, 6) is -7.12. The van der Waals surface area contributed by atoms with E-state index in [0.717, 1.165) is 21.5 Å². The summed E-state index contributed by atoms with van der Waals surface area (Å²) in [6.45, 7) is 15.5. The standard InChI is InChI=1S/C81H100N18O14/c1-12-34-97(77(107)67(81(7,8)9)89-69(101)47(3)83-11)75-73(105)85-61(41-51-22-28-53-18-14-16-20-55(53)37-51)71(103)87-63(78(108)109)39-49-25-31-59(32-26-49)111-44-56-42-98(94-90-56)64-33-35-96(76(106)66(80(4,5)6)88-68(100)46(2)82-10)65(64)72(104)84-60(40-50-21-27-52-17-13-15-19-54(52)36-50)70(102)86-62(74-92-93-79(110)113-74)38-48-23-29-58(30-24-48)112-45-57-43-99(75)95-91-57/h13-32,36-37,42-43,46-47,60-67,75,82-83,90,94H,12,33-35,38-41,44-45H2,1-11H3,(H,84,104)(H,85,105)(H,86,102)(H,87,103)(H,88,100)(H,89,101)(H,93,110)(H,108,109)/t46-,47-,60-,61-,62-,63-,64+,65-,66+,67+,75-/m0/s1. The molecule has 0 radical (unpaired) electrons. The molecule has 0 saturated carbocycles. The van der Waals surface area contributed by atoms with Crippen LogP contribution in [0.1, 0.15) is 121 Å². The van der Waals surface area contributed by atoms with Gasteiger partial charge in [0.2, 0.25) is 53.4 Å². The third kappa shape index (κ3) is 20.4. The fraction of sp³-hybridized carbons (Fsp3) is 0.420. The number of benzene rings is 6. The van der Waals surface area contributed by atoms with E-state index < -0.39 is 136 Å². The summed E-state index contributed by atoms with van der Waals surface area (Å²) in [6, 6.07) is 28.2. The second-order valence-electron chi connectivity index (χ2n) is 30.9. The Balaban J connectivity index is 0.972. The van der Waals surface area contributed by atoms with E-state index in [0.29, 0.717) is 45.9 Å². The van der Waals surface area contributed by atoms with Crippen molar-refractivity contribution < 1.29 is 62.1 Å². The number of nitrogens with one attached hydrogen (secondary N) is 11. The van der Waals surface area contributed by atoms with Gasteiger partial charge in [-0.25, -0.2) is 19.4 Å². The minimum Gasteiger partial charge on any atom is -0.487 e. The van der Waals surface area contributed by atoms with Crippen molar-refractivity contribution in [1.29, 1.82) is 0 Å². The number of H-pyrrole nitrogens is 1. The highest BCUT2D eigenvalue weighted by molar-refractivity contribution is 5.98. The molecule has 6 aliphatic heterocycles. The molecule has 6 aromatic carbocycles. The Morgan fingerprint density at radius 2 is 1.19 bits per heavy atom. The Bertz CT molecular complexity index is 4860. The second-order valence-corrected chi connectivity index (χ2v) is 30.9. The number of carboxylic acid groups (broad SMARTS) is 1. The minimum atomic E-state index is -1.70. The average molecular weight is 1550 g/mol. The Morgan fingerprint density at radius 1 is 0.646 bits per heavy atom. The maximum Gasteiger partial charge on any atom is 0.434 e. The Kier molecular flexibility index (Phi) is 26.1. The van der Waals surface area contributed by atoms with Crippen LogP contribution in [0.4, 0.5) is 0 Å². The summed E-state index contributed by atoms with van der Waals surface area (Å²) in [4.78, 5) is 149. The molecule has 598 valence electrons. The van der Waals surface area contributed by atoms with Crippen LogP contribution in [0.2, 0.25) is 0 Å². The molecule has 8 heterocycles. The lowest BCUT2D eigenvalue weighted by Crippen LogP contribution is -2.63. The first-order valence-electron chi connectivity index (χ1n) is 37.8. The first kappa shape index (κ1) is 81.9. The molecule has 1 saturated heterocycles. The number of carboxylic acids is 1. The van der Waals surface area contributed by atoms with Crippen molar-refractivity contribution >= 4 is 74.8 Å². The van der Waals surface area contributed by atoms with Crippen LogP contribution >= 0.6 is 0 Å². The smallest absolute Gasteiger partial charge is 0.434 e. The molecule has 6 aliphatic rings. The zero-order valence-corrected chi connectivity index (χ0v) is 65.2. The SMILES string of the molecule is CCCN(C(=O)[C@@H](NC(=O)[C@H](C)NC)C(C)(C)C)[C@@H]1C(=O)N[C@@H](Cc2ccc3ccccc3c2)C(=O)N[C@H](C(=O)O)Cc2ccc(cc2)OCC2=CN(NN2)[C@@H]2CCN(C(=O)[C@@H](NC(=O)[C@H](C)NC)C(C)(C)C)[C@@H]2C(=O)N[C@@H](Cc2ccc3ccccc3c2)C(=O)N[C@H](c2n[nH]c(=O)o2)Cc2ccc(cc2)OCc2cn1nn2. The molecule has 14 rings (SSSR count). The Labute approximate surface area is 653 Å². The van der Waals surface area contributed by atoms with Gasteiger partial charge in [0, 0.05) is 45.0 Å². The number of hydrogen-bond acceptors (Lipinski definition) is 21. The number of ether oxygens (including phenoxy) is 2. The van der Waals surface area contributed by atoms with Crippen LogP contribution in [0, 0.1) is 10.8 Å². The normalized spacial score (nSPS) is 20.7. The van der Waals surface area contributed by atoms with E-state index in [1.165, 1.54) is 20.7 Å². The highest BCUT2D eigenvalue weighted by atomic mass is 16.5. The summed E-state index contributed by atoms with van der Waals surface area (Å²) in [5, 5.41) is 54.6. The number of amides is 8. The third-order valence-corrected chi connectivity index (χ3v) is 20.4. The molecular formula is C81H100N18O14. The number of aliphatic carboxylic acids is 1. The van der Waals surface area contributed by atoms with Gasteiger partial charge in [-0.15, -0.1) is 15.7 Å². The molecule has 12 N–H and O–H groups in total. The van der Waals surface area contributed by atoms with Crippen molar-refractivity contribution in [1.82, 2.24) is 93.5 Å². The van der Waals surface area contributed by atoms with Gasteiger partial charge in [-0.1, -0.05) is 163 Å². The molecule has 8 bridgehead atoms. The maximum atomic E-state index is 15.8. The van der Waals surface area contributed by atoms with E-state index in [9.17, 15) is 24.3 Å². The van der Waals surface area contributed by atoms with Gasteiger partial charge < -0.3 is 76.8 Å². The molecule has 1 fully saturated rings. The lowest BCUT2D eigenvalue weighted by Gasteiger charge is -2.38. The van der Waals surface area contributed by atoms with Crippen LogP contribution in [-0.4, -0.2) is 187 Å². The Hall–Kier alpha value is -12.0. The number of likely N-dealkylation sites (tertiary alicyclic amines) is 1. The van der Waals surface area contributed by atoms with Crippen molar-refractivity contribution in [2.75, 3.05) is 33.8 Å². The lowest BCUT2D eigenvalue weighted by atomic mass is 9.85. The molecule has 11 atom stereocenters. The molecule has 8 aromatic rings. The summed E-state index contributed by atoms with van der Waals surface area (Å²) in [7, 11) is 3.23. The highest BCUT2D eigenvalue weighted by Gasteiger charge is 2.50. The number of fused-ring (bicyclic) bond motifs is 2. The topological polar surface area (TPSA) is 412 Å². The summed E-state index contributed by atoms with van der Waals surface area (Å²) in [5.41, 5.74) is 7.43. The number of likely N-dealkylation sites (N-methyl/N-ethyl adjacent to an activating group) is 2. The van der Waals surface area contributed by atoms with Crippen molar-refractivity contribution in [3.63, 3.8) is 0 Å². The summed E-state index contributed by atoms with van der Waals surface area (Å²) in [6.07, 6.45) is 1.44. The van der Waals surface area contributed by atoms with Crippen molar-refractivity contribution in [3.05, 3.63) is 196 Å². The number of nitrogens with zero attached hydrogens (tertiary/aromatic N) is 7. The molecule has 32 nitrogen and oxygen atoms in total. The van der Waals surface area contributed by atoms with Crippen LogP contribution in [0.3, 0.4) is 0 Å². The van der Waals surface area contributed by atoms with Crippen molar-refractivity contribution in [2.45, 2.75) is 174 Å². The van der Waals surface area contributed by atoms with E-state index in [1.807, 2.05) is 99.6 Å². The Morgan fingerprint density at radius 3 is 1.73 bits per heavy atom. The molecule has 2 aromatic heterocycles. The highest BCUT2D eigenvalue weighted by Crippen LogP contribution is 2.32. The quantitative estimate of drug-likeness (QED) is 0.0612. The maximum absolute atomic E-state index is 15.8. The lowest BCUT2D eigenvalue weighted by molar-refractivity contribution is -0.150. The molecule has 113 heavy (non-hydrogen) atoms. The molecule has 0 aliphatic carbocycles.